The molecule has 4 aliphatic rings. The second-order valence-electron chi connectivity index (χ2n) is 12.2. The Morgan fingerprint density at radius 2 is 1.74 bits per heavy atom. The van der Waals surface area contributed by atoms with Crippen molar-refractivity contribution in [1.29, 1.82) is 0 Å². The monoisotopic (exact) mass is 528 g/mol. The number of methoxy groups -OCH3 is 1. The highest BCUT2D eigenvalue weighted by atomic mass is 19.2. The number of nitrogens with zero attached hydrogens (tertiary/aromatic N) is 2. The second kappa shape index (κ2) is 9.69. The number of carbonyl (C=O) groups excluding carboxylic acids is 2. The largest absolute Gasteiger partial charge is 0.465 e. The summed E-state index contributed by atoms with van der Waals surface area (Å²) in [4.78, 5) is 33.0. The van der Waals surface area contributed by atoms with Crippen molar-refractivity contribution in [3.05, 3.63) is 58.7 Å². The second-order valence-corrected chi connectivity index (χ2v) is 12.2. The predicted octanol–water partition coefficient (Wildman–Crippen LogP) is 6.96. The van der Waals surface area contributed by atoms with Gasteiger partial charge in [0.1, 0.15) is 11.4 Å². The summed E-state index contributed by atoms with van der Waals surface area (Å²) in [6, 6.07) is 6.81. The Morgan fingerprint density at radius 3 is 2.26 bits per heavy atom. The Morgan fingerprint density at radius 1 is 1.11 bits per heavy atom. The maximum absolute atomic E-state index is 14.3. The number of amides is 1. The molecule has 0 aromatic heterocycles. The van der Waals surface area contributed by atoms with Crippen molar-refractivity contribution in [1.82, 2.24) is 4.90 Å². The zero-order valence-corrected chi connectivity index (χ0v) is 22.4. The molecular weight excluding hydrogens is 493 g/mol. The summed E-state index contributed by atoms with van der Waals surface area (Å²) in [5, 5.41) is 0. The minimum Gasteiger partial charge on any atom is -0.465 e. The van der Waals surface area contributed by atoms with Crippen LogP contribution < -0.4 is 0 Å². The summed E-state index contributed by atoms with van der Waals surface area (Å²) in [6.07, 6.45) is 3.31. The number of benzene rings is 1. The molecule has 2 fully saturated rings. The molecule has 0 radical (unpaired) electrons. The quantitative estimate of drug-likeness (QED) is 0.388. The van der Waals surface area contributed by atoms with Crippen LogP contribution in [0, 0.1) is 17.3 Å². The minimum atomic E-state index is -2.13. The molecule has 1 aromatic carbocycles. The maximum atomic E-state index is 14.3. The lowest BCUT2D eigenvalue weighted by molar-refractivity contribution is -0.134. The van der Waals surface area contributed by atoms with Gasteiger partial charge in [0.15, 0.2) is 17.8 Å². The number of carbonyl (C=O) groups is 2. The van der Waals surface area contributed by atoms with Gasteiger partial charge in [-0.25, -0.2) is 18.0 Å². The zero-order valence-electron chi connectivity index (χ0n) is 22.4. The topological polar surface area (TPSA) is 59.0 Å². The molecule has 2 saturated carbocycles. The van der Waals surface area contributed by atoms with Gasteiger partial charge >= 0.3 is 5.97 Å². The average molecular weight is 529 g/mol. The number of halogens is 3. The molecule has 1 aliphatic heterocycles. The summed E-state index contributed by atoms with van der Waals surface area (Å²) < 4.78 is 47.2. The Labute approximate surface area is 221 Å². The molecule has 38 heavy (non-hydrogen) atoms. The van der Waals surface area contributed by atoms with E-state index in [1.807, 2.05) is 17.0 Å². The maximum Gasteiger partial charge on any atom is 0.337 e. The summed E-state index contributed by atoms with van der Waals surface area (Å²) in [6.45, 7) is 6.65. The van der Waals surface area contributed by atoms with Crippen molar-refractivity contribution in [2.75, 3.05) is 7.11 Å². The SMILES string of the molecule is COC(=O)c1ccc(C(C2CC2)N2C(=O)C(C3=CC(F)=C(F)C(F)C3)=NC23CCC(C(C)(C)C)CC3)cc1. The van der Waals surface area contributed by atoms with Crippen LogP contribution >= 0.6 is 0 Å². The smallest absolute Gasteiger partial charge is 0.337 e. The van der Waals surface area contributed by atoms with Crippen LogP contribution in [0.4, 0.5) is 13.2 Å². The number of esters is 1. The van der Waals surface area contributed by atoms with Gasteiger partial charge in [-0.05, 0) is 85.1 Å². The van der Waals surface area contributed by atoms with Gasteiger partial charge in [-0.2, -0.15) is 0 Å². The van der Waals surface area contributed by atoms with E-state index in [2.05, 4.69) is 20.8 Å². The zero-order chi connectivity index (χ0) is 27.4. The molecule has 0 N–H and O–H groups in total. The van der Waals surface area contributed by atoms with Crippen molar-refractivity contribution < 1.29 is 27.5 Å². The Hall–Kier alpha value is -2.90. The number of rotatable bonds is 5. The van der Waals surface area contributed by atoms with E-state index in [1.165, 1.54) is 7.11 Å². The van der Waals surface area contributed by atoms with Gasteiger partial charge in [0.05, 0.1) is 18.7 Å². The fraction of sp³-hybridized carbons (Fsp3) is 0.567. The Bertz CT molecular complexity index is 1220. The van der Waals surface area contributed by atoms with Crippen LogP contribution in [0.25, 0.3) is 0 Å². The first-order chi connectivity index (χ1) is 17.9. The first-order valence-corrected chi connectivity index (χ1v) is 13.5. The van der Waals surface area contributed by atoms with Crippen molar-refractivity contribution >= 4 is 17.6 Å². The van der Waals surface area contributed by atoms with Crippen LogP contribution in [0.15, 0.2) is 52.6 Å². The summed E-state index contributed by atoms with van der Waals surface area (Å²) in [5.74, 6) is -2.83. The lowest BCUT2D eigenvalue weighted by Gasteiger charge is -2.47. The molecule has 204 valence electrons. The van der Waals surface area contributed by atoms with Crippen molar-refractivity contribution in [2.45, 2.75) is 83.6 Å². The van der Waals surface area contributed by atoms with Crippen LogP contribution in [0.1, 0.15) is 87.7 Å². The van der Waals surface area contributed by atoms with Crippen molar-refractivity contribution in [3.63, 3.8) is 0 Å². The highest BCUT2D eigenvalue weighted by Crippen LogP contribution is 2.54. The Kier molecular flexibility index (Phi) is 6.81. The van der Waals surface area contributed by atoms with Gasteiger partial charge in [-0.15, -0.1) is 0 Å². The number of hydrogen-bond acceptors (Lipinski definition) is 4. The molecule has 2 unspecified atom stereocenters. The summed E-state index contributed by atoms with van der Waals surface area (Å²) >= 11 is 0. The van der Waals surface area contributed by atoms with Crippen LogP contribution in [0.5, 0.6) is 0 Å². The molecule has 0 bridgehead atoms. The summed E-state index contributed by atoms with van der Waals surface area (Å²) in [7, 11) is 1.33. The lowest BCUT2D eigenvalue weighted by atomic mass is 9.69. The molecule has 1 spiro atoms. The molecule has 5 rings (SSSR count). The molecule has 3 aliphatic carbocycles. The number of ether oxygens (including phenoxy) is 1. The van der Waals surface area contributed by atoms with Gasteiger partial charge < -0.3 is 9.64 Å². The van der Waals surface area contributed by atoms with E-state index in [1.54, 1.807) is 12.1 Å². The highest BCUT2D eigenvalue weighted by molar-refractivity contribution is 6.47. The van der Waals surface area contributed by atoms with E-state index < -0.39 is 35.9 Å². The molecule has 0 saturated heterocycles. The summed E-state index contributed by atoms with van der Waals surface area (Å²) in [5.41, 5.74) is 0.741. The normalized spacial score (nSPS) is 28.9. The number of alkyl halides is 1. The predicted molar refractivity (Wildman–Crippen MR) is 139 cm³/mol. The number of aliphatic imine (C=N–C) groups is 1. The molecule has 1 heterocycles. The van der Waals surface area contributed by atoms with Gasteiger partial charge in [-0.1, -0.05) is 32.9 Å². The molecule has 1 aromatic rings. The molecule has 8 heteroatoms. The van der Waals surface area contributed by atoms with E-state index in [4.69, 9.17) is 9.73 Å². The van der Waals surface area contributed by atoms with Gasteiger partial charge in [0, 0.05) is 6.42 Å². The minimum absolute atomic E-state index is 0.0429. The van der Waals surface area contributed by atoms with E-state index in [0.29, 0.717) is 24.3 Å². The highest BCUT2D eigenvalue weighted by Gasteiger charge is 2.55. The van der Waals surface area contributed by atoms with Crippen LogP contribution in [-0.4, -0.2) is 41.4 Å². The number of allylic oxidation sites excluding steroid dienone is 3. The number of hydrogen-bond donors (Lipinski definition) is 0. The molecule has 5 nitrogen and oxygen atoms in total. The molecule has 1 amide bonds. The third-order valence-corrected chi connectivity index (χ3v) is 8.73. The standard InChI is InChI=1S/C30H35F3N2O3/c1-29(2,3)21-11-13-30(14-12-21)34-25(20-15-22(31)24(33)23(32)16-20)27(36)35(30)26(17-5-6-17)18-7-9-19(10-8-18)28(37)38-4/h7-10,15,17,21,23,26H,5-6,11-14,16H2,1-4H3. The third-order valence-electron chi connectivity index (χ3n) is 8.73. The van der Waals surface area contributed by atoms with Crippen LogP contribution in [0.3, 0.4) is 0 Å². The van der Waals surface area contributed by atoms with Gasteiger partial charge in [-0.3, -0.25) is 9.79 Å². The van der Waals surface area contributed by atoms with Crippen molar-refractivity contribution in [3.8, 4) is 0 Å². The van der Waals surface area contributed by atoms with E-state index in [9.17, 15) is 22.8 Å². The molecular formula is C30H35F3N2O3. The van der Waals surface area contributed by atoms with E-state index in [0.717, 1.165) is 37.3 Å². The van der Waals surface area contributed by atoms with Gasteiger partial charge in [0.2, 0.25) is 0 Å². The van der Waals surface area contributed by atoms with Crippen LogP contribution in [-0.2, 0) is 9.53 Å². The fourth-order valence-corrected chi connectivity index (χ4v) is 6.36. The lowest BCUT2D eigenvalue weighted by Crippen LogP contribution is -2.52. The van der Waals surface area contributed by atoms with Gasteiger partial charge in [0.25, 0.3) is 5.91 Å². The fourth-order valence-electron chi connectivity index (χ4n) is 6.36. The third kappa shape index (κ3) is 4.71. The average Bonchev–Trinajstić information content (AvgIpc) is 3.69. The molecule has 2 atom stereocenters. The van der Waals surface area contributed by atoms with E-state index in [-0.39, 0.29) is 34.6 Å². The Balaban J connectivity index is 1.55. The van der Waals surface area contributed by atoms with E-state index >= 15 is 0 Å². The van der Waals surface area contributed by atoms with Crippen LogP contribution in [0.2, 0.25) is 0 Å². The van der Waals surface area contributed by atoms with Crippen molar-refractivity contribution in [2.24, 2.45) is 22.2 Å². The first-order valence-electron chi connectivity index (χ1n) is 13.5. The first kappa shape index (κ1) is 26.7.